The molecule has 0 spiro atoms. The van der Waals surface area contributed by atoms with Crippen molar-refractivity contribution in [3.05, 3.63) is 35.7 Å². The first-order chi connectivity index (χ1) is 8.28. The molecule has 2 aromatic rings. The van der Waals surface area contributed by atoms with Crippen LogP contribution in [0.2, 0.25) is 0 Å². The monoisotopic (exact) mass is 234 g/mol. The Morgan fingerprint density at radius 2 is 1.82 bits per heavy atom. The highest BCUT2D eigenvalue weighted by Crippen LogP contribution is 2.11. The Morgan fingerprint density at radius 1 is 1.18 bits per heavy atom. The number of hydrogen-bond donors (Lipinski definition) is 0. The minimum atomic E-state index is 0.630. The maximum atomic E-state index is 5.07. The van der Waals surface area contributed by atoms with Crippen LogP contribution in [0.4, 0.5) is 0 Å². The van der Waals surface area contributed by atoms with Gasteiger partial charge in [0.1, 0.15) is 5.75 Å². The zero-order valence-electron chi connectivity index (χ0n) is 10.7. The summed E-state index contributed by atoms with van der Waals surface area (Å²) in [6.45, 7) is 6.45. The molecule has 0 amide bonds. The Hall–Kier alpha value is -1.91. The van der Waals surface area contributed by atoms with Crippen LogP contribution in [0.3, 0.4) is 0 Å². The van der Waals surface area contributed by atoms with Gasteiger partial charge in [-0.15, -0.1) is 10.2 Å². The van der Waals surface area contributed by atoms with Gasteiger partial charge in [-0.2, -0.15) is 4.80 Å². The summed E-state index contributed by atoms with van der Waals surface area (Å²) in [4.78, 5) is 1.57. The van der Waals surface area contributed by atoms with E-state index in [0.29, 0.717) is 12.4 Å². The maximum absolute atomic E-state index is 5.07. The van der Waals surface area contributed by atoms with Crippen LogP contribution >= 0.6 is 0 Å². The van der Waals surface area contributed by atoms with E-state index >= 15 is 0 Å². The van der Waals surface area contributed by atoms with E-state index in [1.165, 1.54) is 0 Å². The number of nitrogens with zero attached hydrogens (tertiary/aromatic N) is 4. The first kappa shape index (κ1) is 13.2. The highest BCUT2D eigenvalue weighted by atomic mass is 16.5. The third kappa shape index (κ3) is 3.86. The second kappa shape index (κ2) is 6.62. The minimum Gasteiger partial charge on any atom is -0.497 e. The Kier molecular flexibility index (Phi) is 5.13. The third-order valence-corrected chi connectivity index (χ3v) is 2.04. The lowest BCUT2D eigenvalue weighted by atomic mass is 10.2. The smallest absolute Gasteiger partial charge is 0.171 e. The van der Waals surface area contributed by atoms with E-state index in [9.17, 15) is 0 Å². The minimum absolute atomic E-state index is 0.630. The standard InChI is InChI=1S/C10H12N4O.C2H6/c1-8-11-13-14(12-8)7-9-3-5-10(15-2)6-4-9;1-2/h3-6H,7H2,1-2H3;1-2H3. The second-order valence-corrected chi connectivity index (χ2v) is 3.22. The number of hydrogen-bond acceptors (Lipinski definition) is 4. The van der Waals surface area contributed by atoms with Gasteiger partial charge in [0.05, 0.1) is 13.7 Å². The highest BCUT2D eigenvalue weighted by molar-refractivity contribution is 5.26. The molecule has 5 nitrogen and oxygen atoms in total. The summed E-state index contributed by atoms with van der Waals surface area (Å²) >= 11 is 0. The van der Waals surface area contributed by atoms with Gasteiger partial charge >= 0.3 is 0 Å². The quantitative estimate of drug-likeness (QED) is 0.815. The van der Waals surface area contributed by atoms with Crippen molar-refractivity contribution in [3.8, 4) is 5.75 Å². The van der Waals surface area contributed by atoms with Gasteiger partial charge < -0.3 is 4.74 Å². The van der Waals surface area contributed by atoms with Crippen LogP contribution in [0.5, 0.6) is 5.75 Å². The molecule has 5 heteroatoms. The number of rotatable bonds is 3. The van der Waals surface area contributed by atoms with Crippen LogP contribution in [0.25, 0.3) is 0 Å². The average Bonchev–Trinajstić information content (AvgIpc) is 2.78. The summed E-state index contributed by atoms with van der Waals surface area (Å²) in [6.07, 6.45) is 0. The summed E-state index contributed by atoms with van der Waals surface area (Å²) in [7, 11) is 1.65. The molecule has 92 valence electrons. The van der Waals surface area contributed by atoms with Crippen molar-refractivity contribution < 1.29 is 4.74 Å². The van der Waals surface area contributed by atoms with Crippen molar-refractivity contribution in [1.29, 1.82) is 0 Å². The molecular formula is C12H18N4O. The fraction of sp³-hybridized carbons (Fsp3) is 0.417. The van der Waals surface area contributed by atoms with Gasteiger partial charge in [-0.1, -0.05) is 26.0 Å². The fourth-order valence-corrected chi connectivity index (χ4v) is 1.28. The lowest BCUT2D eigenvalue weighted by molar-refractivity contribution is 0.414. The van der Waals surface area contributed by atoms with Gasteiger partial charge in [0.2, 0.25) is 0 Å². The molecule has 0 saturated heterocycles. The van der Waals surface area contributed by atoms with Gasteiger partial charge in [0.25, 0.3) is 0 Å². The first-order valence-corrected chi connectivity index (χ1v) is 5.65. The molecule has 0 unspecified atom stereocenters. The van der Waals surface area contributed by atoms with Gasteiger partial charge in [-0.05, 0) is 29.8 Å². The number of benzene rings is 1. The van der Waals surface area contributed by atoms with Crippen molar-refractivity contribution in [2.75, 3.05) is 7.11 Å². The van der Waals surface area contributed by atoms with Crippen molar-refractivity contribution in [2.24, 2.45) is 0 Å². The van der Waals surface area contributed by atoms with Crippen LogP contribution in [-0.2, 0) is 6.54 Å². The van der Waals surface area contributed by atoms with E-state index in [-0.39, 0.29) is 0 Å². The molecule has 0 fully saturated rings. The predicted octanol–water partition coefficient (Wildman–Crippen LogP) is 2.06. The van der Waals surface area contributed by atoms with E-state index < -0.39 is 0 Å². The molecule has 1 heterocycles. The molecule has 0 aliphatic carbocycles. The van der Waals surface area contributed by atoms with Crippen LogP contribution in [-0.4, -0.2) is 27.3 Å². The predicted molar refractivity (Wildman–Crippen MR) is 66.0 cm³/mol. The van der Waals surface area contributed by atoms with Crippen LogP contribution in [0.1, 0.15) is 25.2 Å². The normalized spacial score (nSPS) is 9.41. The lowest BCUT2D eigenvalue weighted by Crippen LogP contribution is -2.03. The summed E-state index contributed by atoms with van der Waals surface area (Å²) in [5.41, 5.74) is 1.12. The Morgan fingerprint density at radius 3 is 2.29 bits per heavy atom. The van der Waals surface area contributed by atoms with Gasteiger partial charge in [-0.3, -0.25) is 0 Å². The van der Waals surface area contributed by atoms with Crippen molar-refractivity contribution in [1.82, 2.24) is 20.2 Å². The first-order valence-electron chi connectivity index (χ1n) is 5.65. The summed E-state index contributed by atoms with van der Waals surface area (Å²) < 4.78 is 5.07. The Bertz CT molecular complexity index is 436. The molecule has 2 rings (SSSR count). The van der Waals surface area contributed by atoms with Crippen molar-refractivity contribution in [3.63, 3.8) is 0 Å². The molecule has 0 atom stereocenters. The zero-order valence-corrected chi connectivity index (χ0v) is 10.7. The number of tetrazole rings is 1. The molecule has 0 N–H and O–H groups in total. The highest BCUT2D eigenvalue weighted by Gasteiger charge is 1.99. The molecule has 17 heavy (non-hydrogen) atoms. The summed E-state index contributed by atoms with van der Waals surface area (Å²) in [5.74, 6) is 1.53. The number of aromatic nitrogens is 4. The summed E-state index contributed by atoms with van der Waals surface area (Å²) in [5, 5.41) is 11.8. The molecule has 1 aromatic carbocycles. The summed E-state index contributed by atoms with van der Waals surface area (Å²) in [6, 6.07) is 7.80. The SMILES string of the molecule is CC.COc1ccc(Cn2nnc(C)n2)cc1. The van der Waals surface area contributed by atoms with E-state index in [1.807, 2.05) is 45.0 Å². The second-order valence-electron chi connectivity index (χ2n) is 3.22. The van der Waals surface area contributed by atoms with Crippen LogP contribution in [0, 0.1) is 6.92 Å². The van der Waals surface area contributed by atoms with Crippen LogP contribution in [0.15, 0.2) is 24.3 Å². The molecule has 0 aliphatic rings. The molecule has 0 saturated carbocycles. The number of aryl methyl sites for hydroxylation is 1. The largest absolute Gasteiger partial charge is 0.497 e. The van der Waals surface area contributed by atoms with E-state index in [1.54, 1.807) is 11.9 Å². The van der Waals surface area contributed by atoms with Gasteiger partial charge in [-0.25, -0.2) is 0 Å². The Balaban J connectivity index is 0.000000686. The van der Waals surface area contributed by atoms with Gasteiger partial charge in [0, 0.05) is 0 Å². The van der Waals surface area contributed by atoms with E-state index in [4.69, 9.17) is 4.74 Å². The topological polar surface area (TPSA) is 52.8 Å². The molecular weight excluding hydrogens is 216 g/mol. The average molecular weight is 234 g/mol. The Labute approximate surface area is 101 Å². The molecule has 0 aliphatic heterocycles. The van der Waals surface area contributed by atoms with E-state index in [2.05, 4.69) is 15.4 Å². The molecule has 1 aromatic heterocycles. The third-order valence-electron chi connectivity index (χ3n) is 2.04. The fourth-order valence-electron chi connectivity index (χ4n) is 1.28. The number of ether oxygens (including phenoxy) is 1. The molecule has 0 bridgehead atoms. The lowest BCUT2D eigenvalue weighted by Gasteiger charge is -2.01. The maximum Gasteiger partial charge on any atom is 0.171 e. The molecule has 0 radical (unpaired) electrons. The van der Waals surface area contributed by atoms with Crippen molar-refractivity contribution >= 4 is 0 Å². The van der Waals surface area contributed by atoms with Gasteiger partial charge in [0.15, 0.2) is 5.82 Å². The van der Waals surface area contributed by atoms with E-state index in [0.717, 1.165) is 11.3 Å². The zero-order chi connectivity index (χ0) is 12.7. The van der Waals surface area contributed by atoms with Crippen LogP contribution < -0.4 is 4.74 Å². The van der Waals surface area contributed by atoms with Crippen molar-refractivity contribution in [2.45, 2.75) is 27.3 Å². The number of methoxy groups -OCH3 is 1.